The summed E-state index contributed by atoms with van der Waals surface area (Å²) in [7, 11) is 4.14. The lowest BCUT2D eigenvalue weighted by Gasteiger charge is -2.33. The normalized spacial score (nSPS) is 22.2. The number of benzene rings is 1. The summed E-state index contributed by atoms with van der Waals surface area (Å²) in [5.74, 6) is 0.148. The van der Waals surface area contributed by atoms with Crippen molar-refractivity contribution in [3.8, 4) is 5.75 Å². The van der Waals surface area contributed by atoms with E-state index < -0.39 is 0 Å². The van der Waals surface area contributed by atoms with E-state index >= 15 is 0 Å². The largest absolute Gasteiger partial charge is 0.490 e. The van der Waals surface area contributed by atoms with Crippen LogP contribution in [0.25, 0.3) is 0 Å². The molecule has 0 spiro atoms. The molecule has 1 aromatic rings. The van der Waals surface area contributed by atoms with E-state index in [0.29, 0.717) is 18.9 Å². The van der Waals surface area contributed by atoms with Gasteiger partial charge in [-0.1, -0.05) is 12.1 Å². The van der Waals surface area contributed by atoms with Crippen LogP contribution >= 0.6 is 0 Å². The van der Waals surface area contributed by atoms with Crippen molar-refractivity contribution in [1.29, 1.82) is 0 Å². The van der Waals surface area contributed by atoms with Gasteiger partial charge in [0.1, 0.15) is 0 Å². The van der Waals surface area contributed by atoms with Crippen LogP contribution in [0.1, 0.15) is 31.2 Å². The van der Waals surface area contributed by atoms with Crippen molar-refractivity contribution in [2.24, 2.45) is 5.73 Å². The Kier molecular flexibility index (Phi) is 5.00. The molecule has 0 saturated carbocycles. The van der Waals surface area contributed by atoms with E-state index in [1.807, 2.05) is 6.07 Å². The molecule has 0 aliphatic carbocycles. The summed E-state index contributed by atoms with van der Waals surface area (Å²) in [5, 5.41) is 0. The van der Waals surface area contributed by atoms with E-state index in [2.05, 4.69) is 19.0 Å². The van der Waals surface area contributed by atoms with Gasteiger partial charge in [0.05, 0.1) is 6.61 Å². The predicted molar refractivity (Wildman–Crippen MR) is 79.6 cm³/mol. The molecular formula is C16H25FN2O. The molecule has 1 aliphatic rings. The van der Waals surface area contributed by atoms with Crippen LogP contribution in [0.5, 0.6) is 5.75 Å². The van der Waals surface area contributed by atoms with Crippen molar-refractivity contribution in [3.05, 3.63) is 29.6 Å². The molecule has 2 rings (SSSR count). The minimum absolute atomic E-state index is 0.149. The van der Waals surface area contributed by atoms with Crippen LogP contribution in [0.15, 0.2) is 18.2 Å². The van der Waals surface area contributed by atoms with Gasteiger partial charge in [0.25, 0.3) is 0 Å². The Morgan fingerprint density at radius 1 is 1.40 bits per heavy atom. The van der Waals surface area contributed by atoms with E-state index in [9.17, 15) is 4.39 Å². The lowest BCUT2D eigenvalue weighted by molar-refractivity contribution is 0.293. The molecule has 0 fully saturated rings. The molecule has 1 atom stereocenters. The number of ether oxygens (including phenoxy) is 1. The summed E-state index contributed by atoms with van der Waals surface area (Å²) in [6.45, 7) is 2.14. The second kappa shape index (κ2) is 6.55. The third-order valence-corrected chi connectivity index (χ3v) is 4.24. The first-order valence-electron chi connectivity index (χ1n) is 7.36. The van der Waals surface area contributed by atoms with Crippen molar-refractivity contribution < 1.29 is 9.13 Å². The SMILES string of the molecule is CN(C)CCCC1(CN)CCCOc2c(F)cccc21. The van der Waals surface area contributed by atoms with Crippen molar-refractivity contribution in [2.45, 2.75) is 31.1 Å². The molecule has 1 unspecified atom stereocenters. The highest BCUT2D eigenvalue weighted by molar-refractivity contribution is 5.42. The van der Waals surface area contributed by atoms with E-state index in [4.69, 9.17) is 10.5 Å². The van der Waals surface area contributed by atoms with E-state index in [0.717, 1.165) is 37.8 Å². The Bertz CT molecular complexity index is 450. The molecule has 0 saturated heterocycles. The van der Waals surface area contributed by atoms with Crippen LogP contribution < -0.4 is 10.5 Å². The Morgan fingerprint density at radius 2 is 2.20 bits per heavy atom. The summed E-state index contributed by atoms with van der Waals surface area (Å²) >= 11 is 0. The highest BCUT2D eigenvalue weighted by atomic mass is 19.1. The maximum atomic E-state index is 14.0. The fourth-order valence-corrected chi connectivity index (χ4v) is 3.10. The summed E-state index contributed by atoms with van der Waals surface area (Å²) in [6.07, 6.45) is 3.92. The van der Waals surface area contributed by atoms with Crippen molar-refractivity contribution >= 4 is 0 Å². The number of para-hydroxylation sites is 1. The number of fused-ring (bicyclic) bond motifs is 1. The Labute approximate surface area is 120 Å². The second-order valence-electron chi connectivity index (χ2n) is 5.96. The molecule has 1 aliphatic heterocycles. The summed E-state index contributed by atoms with van der Waals surface area (Å²) in [4.78, 5) is 2.17. The molecule has 4 heteroatoms. The average molecular weight is 280 g/mol. The third kappa shape index (κ3) is 3.13. The van der Waals surface area contributed by atoms with E-state index in [1.54, 1.807) is 6.07 Å². The van der Waals surface area contributed by atoms with E-state index in [1.165, 1.54) is 6.07 Å². The van der Waals surface area contributed by atoms with Crippen molar-refractivity contribution in [2.75, 3.05) is 33.8 Å². The van der Waals surface area contributed by atoms with Crippen molar-refractivity contribution in [1.82, 2.24) is 4.90 Å². The van der Waals surface area contributed by atoms with Gasteiger partial charge in [-0.15, -0.1) is 0 Å². The maximum Gasteiger partial charge on any atom is 0.165 e. The highest BCUT2D eigenvalue weighted by Crippen LogP contribution is 2.42. The first-order valence-corrected chi connectivity index (χ1v) is 7.36. The summed E-state index contributed by atoms with van der Waals surface area (Å²) < 4.78 is 19.6. The predicted octanol–water partition coefficient (Wildman–Crippen LogP) is 2.54. The van der Waals surface area contributed by atoms with Crippen LogP contribution in [0.2, 0.25) is 0 Å². The molecule has 1 heterocycles. The molecular weight excluding hydrogens is 255 g/mol. The molecule has 112 valence electrons. The van der Waals surface area contributed by atoms with Gasteiger partial charge in [-0.2, -0.15) is 0 Å². The minimum atomic E-state index is -0.269. The number of rotatable bonds is 5. The quantitative estimate of drug-likeness (QED) is 0.901. The lowest BCUT2D eigenvalue weighted by Crippen LogP contribution is -2.35. The van der Waals surface area contributed by atoms with Gasteiger partial charge in [0.15, 0.2) is 11.6 Å². The van der Waals surface area contributed by atoms with Crippen LogP contribution in [0.3, 0.4) is 0 Å². The first kappa shape index (κ1) is 15.3. The smallest absolute Gasteiger partial charge is 0.165 e. The number of nitrogens with two attached hydrogens (primary N) is 1. The monoisotopic (exact) mass is 280 g/mol. The van der Waals surface area contributed by atoms with Gasteiger partial charge >= 0.3 is 0 Å². The Hall–Kier alpha value is -1.13. The van der Waals surface area contributed by atoms with Gasteiger partial charge < -0.3 is 15.4 Å². The first-order chi connectivity index (χ1) is 9.59. The van der Waals surface area contributed by atoms with Gasteiger partial charge in [-0.25, -0.2) is 4.39 Å². The number of hydrogen-bond donors (Lipinski definition) is 1. The molecule has 0 aromatic heterocycles. The average Bonchev–Trinajstić information content (AvgIpc) is 2.60. The summed E-state index contributed by atoms with van der Waals surface area (Å²) in [6, 6.07) is 5.21. The lowest BCUT2D eigenvalue weighted by atomic mass is 9.73. The fourth-order valence-electron chi connectivity index (χ4n) is 3.10. The molecule has 2 N–H and O–H groups in total. The molecule has 1 aromatic carbocycles. The summed E-state index contributed by atoms with van der Waals surface area (Å²) in [5.41, 5.74) is 6.90. The number of halogens is 1. The minimum Gasteiger partial charge on any atom is -0.490 e. The zero-order chi connectivity index (χ0) is 14.6. The van der Waals surface area contributed by atoms with Crippen LogP contribution in [-0.4, -0.2) is 38.7 Å². The van der Waals surface area contributed by atoms with Crippen molar-refractivity contribution in [3.63, 3.8) is 0 Å². The standard InChI is InChI=1S/C16H25FN2O/c1-19(2)10-4-8-16(12-18)9-5-11-20-15-13(16)6-3-7-14(15)17/h3,6-7H,4-5,8-12,18H2,1-2H3. The fraction of sp³-hybridized carbons (Fsp3) is 0.625. The zero-order valence-corrected chi connectivity index (χ0v) is 12.5. The number of hydrogen-bond acceptors (Lipinski definition) is 3. The van der Waals surface area contributed by atoms with Crippen LogP contribution in [0, 0.1) is 5.82 Å². The molecule has 0 bridgehead atoms. The van der Waals surface area contributed by atoms with Gasteiger partial charge in [0, 0.05) is 17.5 Å². The molecule has 0 amide bonds. The van der Waals surface area contributed by atoms with Gasteiger partial charge in [-0.05, 0) is 52.4 Å². The van der Waals surface area contributed by atoms with Gasteiger partial charge in [0.2, 0.25) is 0 Å². The second-order valence-corrected chi connectivity index (χ2v) is 5.96. The molecule has 3 nitrogen and oxygen atoms in total. The highest BCUT2D eigenvalue weighted by Gasteiger charge is 2.35. The Morgan fingerprint density at radius 3 is 2.90 bits per heavy atom. The molecule has 0 radical (unpaired) electrons. The zero-order valence-electron chi connectivity index (χ0n) is 12.5. The van der Waals surface area contributed by atoms with Crippen LogP contribution in [-0.2, 0) is 5.41 Å². The molecule has 20 heavy (non-hydrogen) atoms. The maximum absolute atomic E-state index is 14.0. The van der Waals surface area contributed by atoms with Crippen LogP contribution in [0.4, 0.5) is 4.39 Å². The number of nitrogens with zero attached hydrogens (tertiary/aromatic N) is 1. The Balaban J connectivity index is 2.30. The third-order valence-electron chi connectivity index (χ3n) is 4.24. The van der Waals surface area contributed by atoms with E-state index in [-0.39, 0.29) is 11.2 Å². The topological polar surface area (TPSA) is 38.5 Å². The van der Waals surface area contributed by atoms with Gasteiger partial charge in [-0.3, -0.25) is 0 Å².